The summed E-state index contributed by atoms with van der Waals surface area (Å²) in [5.41, 5.74) is 0.312. The molecule has 0 aliphatic carbocycles. The highest BCUT2D eigenvalue weighted by Crippen LogP contribution is 2.25. The summed E-state index contributed by atoms with van der Waals surface area (Å²) in [6.07, 6.45) is 2.19. The van der Waals surface area contributed by atoms with Gasteiger partial charge in [0.05, 0.1) is 19.8 Å². The first-order valence-electron chi connectivity index (χ1n) is 9.75. The molecule has 0 saturated carbocycles. The number of guanidine groups is 1. The largest absolute Gasteiger partial charge is 0.379 e. The number of hydrogen-bond donors (Lipinski definition) is 2. The van der Waals surface area contributed by atoms with Gasteiger partial charge in [-0.15, -0.1) is 35.3 Å². The van der Waals surface area contributed by atoms with E-state index in [2.05, 4.69) is 43.3 Å². The summed E-state index contributed by atoms with van der Waals surface area (Å²) in [4.78, 5) is 5.23. The molecule has 1 aromatic rings. The number of halogens is 1. The van der Waals surface area contributed by atoms with Gasteiger partial charge in [0.25, 0.3) is 10.0 Å². The molecule has 29 heavy (non-hydrogen) atoms. The smallest absolute Gasteiger partial charge is 0.252 e. The fourth-order valence-corrected chi connectivity index (χ4v) is 5.68. The minimum atomic E-state index is -3.43. The summed E-state index contributed by atoms with van der Waals surface area (Å²) >= 11 is 1.30. The van der Waals surface area contributed by atoms with Crippen LogP contribution in [0.4, 0.5) is 0 Å². The Balaban J connectivity index is 0.00000420. The van der Waals surface area contributed by atoms with E-state index >= 15 is 0 Å². The number of ether oxygens (including phenoxy) is 1. The number of rotatable bonds is 7. The first-order valence-corrected chi connectivity index (χ1v) is 12.0. The minimum Gasteiger partial charge on any atom is -0.379 e. The molecule has 2 N–H and O–H groups in total. The average molecular weight is 559 g/mol. The lowest BCUT2D eigenvalue weighted by molar-refractivity contribution is 0.0731. The summed E-state index contributed by atoms with van der Waals surface area (Å²) < 4.78 is 32.6. The van der Waals surface area contributed by atoms with Crippen LogP contribution in [0.25, 0.3) is 0 Å². The van der Waals surface area contributed by atoms with Crippen molar-refractivity contribution in [2.45, 2.75) is 57.3 Å². The van der Waals surface area contributed by atoms with E-state index in [9.17, 15) is 8.42 Å². The standard InChI is InChI=1S/C19H34N4O3S2.HI/c1-15(8-9-19(2,3)4)22-18(20-5)21-14-16-6-7-17(27-16)28(24,25)23-10-12-26-13-11-23;/h6-7,15H,8-14H2,1-5H3,(H2,20,21,22);1H. The monoisotopic (exact) mass is 558 g/mol. The second-order valence-corrected chi connectivity index (χ2v) is 11.6. The zero-order chi connectivity index (χ0) is 20.8. The Kier molecular flexibility index (Phi) is 10.8. The van der Waals surface area contributed by atoms with E-state index in [4.69, 9.17) is 4.74 Å². The molecule has 1 aliphatic rings. The van der Waals surface area contributed by atoms with Crippen molar-refractivity contribution in [2.75, 3.05) is 33.4 Å². The number of sulfonamides is 1. The molecule has 2 rings (SSSR count). The first-order chi connectivity index (χ1) is 13.1. The molecule has 2 heterocycles. The summed E-state index contributed by atoms with van der Waals surface area (Å²) in [5.74, 6) is 0.729. The molecule has 0 radical (unpaired) electrons. The maximum atomic E-state index is 12.7. The second-order valence-electron chi connectivity index (χ2n) is 8.31. The van der Waals surface area contributed by atoms with Gasteiger partial charge in [0, 0.05) is 31.1 Å². The molecule has 1 saturated heterocycles. The molecule has 0 spiro atoms. The van der Waals surface area contributed by atoms with E-state index in [0.717, 1.165) is 23.7 Å². The molecule has 0 amide bonds. The zero-order valence-corrected chi connectivity index (χ0v) is 22.0. The highest BCUT2D eigenvalue weighted by atomic mass is 127. The number of hydrogen-bond acceptors (Lipinski definition) is 5. The van der Waals surface area contributed by atoms with E-state index in [0.29, 0.717) is 48.5 Å². The van der Waals surface area contributed by atoms with Crippen LogP contribution < -0.4 is 10.6 Å². The molecule has 168 valence electrons. The van der Waals surface area contributed by atoms with Gasteiger partial charge in [-0.05, 0) is 37.3 Å². The molecule has 10 heteroatoms. The molecule has 1 unspecified atom stereocenters. The quantitative estimate of drug-likeness (QED) is 0.305. The summed E-state index contributed by atoms with van der Waals surface area (Å²) in [6.45, 7) is 11.1. The molecule has 0 bridgehead atoms. The third-order valence-electron chi connectivity index (χ3n) is 4.57. The van der Waals surface area contributed by atoms with Gasteiger partial charge < -0.3 is 15.4 Å². The Labute approximate surface area is 196 Å². The molecular formula is C19H35IN4O3S2. The summed E-state index contributed by atoms with van der Waals surface area (Å²) in [6, 6.07) is 3.86. The van der Waals surface area contributed by atoms with Crippen molar-refractivity contribution >= 4 is 51.3 Å². The van der Waals surface area contributed by atoms with Crippen LogP contribution >= 0.6 is 35.3 Å². The van der Waals surface area contributed by atoms with E-state index in [1.54, 1.807) is 13.1 Å². The maximum Gasteiger partial charge on any atom is 0.252 e. The highest BCUT2D eigenvalue weighted by Gasteiger charge is 2.27. The van der Waals surface area contributed by atoms with E-state index in [1.807, 2.05) is 6.07 Å². The van der Waals surface area contributed by atoms with Gasteiger partial charge in [-0.1, -0.05) is 20.8 Å². The van der Waals surface area contributed by atoms with Gasteiger partial charge in [-0.3, -0.25) is 4.99 Å². The molecule has 7 nitrogen and oxygen atoms in total. The number of nitrogens with zero attached hydrogens (tertiary/aromatic N) is 2. The predicted molar refractivity (Wildman–Crippen MR) is 131 cm³/mol. The Morgan fingerprint density at radius 3 is 2.55 bits per heavy atom. The van der Waals surface area contributed by atoms with Crippen LogP contribution in [0.3, 0.4) is 0 Å². The van der Waals surface area contributed by atoms with Gasteiger partial charge in [0.2, 0.25) is 0 Å². The average Bonchev–Trinajstić information content (AvgIpc) is 3.13. The number of nitrogens with one attached hydrogen (secondary N) is 2. The Bertz CT molecular complexity index is 754. The fraction of sp³-hybridized carbons (Fsp3) is 0.737. The lowest BCUT2D eigenvalue weighted by Gasteiger charge is -2.25. The molecule has 1 atom stereocenters. The Morgan fingerprint density at radius 2 is 1.97 bits per heavy atom. The lowest BCUT2D eigenvalue weighted by Crippen LogP contribution is -2.42. The summed E-state index contributed by atoms with van der Waals surface area (Å²) in [7, 11) is -1.68. The summed E-state index contributed by atoms with van der Waals surface area (Å²) in [5, 5.41) is 6.68. The fourth-order valence-electron chi connectivity index (χ4n) is 2.83. The van der Waals surface area contributed by atoms with Crippen molar-refractivity contribution in [3.63, 3.8) is 0 Å². The number of aliphatic imine (C=N–C) groups is 1. The van der Waals surface area contributed by atoms with Crippen molar-refractivity contribution in [3.8, 4) is 0 Å². The Morgan fingerprint density at radius 1 is 1.31 bits per heavy atom. The maximum absolute atomic E-state index is 12.7. The molecule has 1 aliphatic heterocycles. The van der Waals surface area contributed by atoms with Gasteiger partial charge in [0.1, 0.15) is 4.21 Å². The van der Waals surface area contributed by atoms with Crippen LogP contribution in [0.5, 0.6) is 0 Å². The van der Waals surface area contributed by atoms with Gasteiger partial charge in [0.15, 0.2) is 5.96 Å². The van der Waals surface area contributed by atoms with Crippen LogP contribution in [0, 0.1) is 5.41 Å². The number of morpholine rings is 1. The van der Waals surface area contributed by atoms with Crippen molar-refractivity contribution in [2.24, 2.45) is 10.4 Å². The number of thiophene rings is 1. The lowest BCUT2D eigenvalue weighted by atomic mass is 9.89. The van der Waals surface area contributed by atoms with Crippen LogP contribution in [-0.2, 0) is 21.3 Å². The zero-order valence-electron chi connectivity index (χ0n) is 18.0. The van der Waals surface area contributed by atoms with Crippen molar-refractivity contribution in [3.05, 3.63) is 17.0 Å². The normalized spacial score (nSPS) is 17.5. The van der Waals surface area contributed by atoms with E-state index in [1.165, 1.54) is 15.6 Å². The van der Waals surface area contributed by atoms with Crippen LogP contribution in [-0.4, -0.2) is 58.1 Å². The Hall–Kier alpha value is -0.430. The van der Waals surface area contributed by atoms with Crippen molar-refractivity contribution in [1.29, 1.82) is 0 Å². The topological polar surface area (TPSA) is 83.0 Å². The van der Waals surface area contributed by atoms with Crippen LogP contribution in [0.1, 0.15) is 45.4 Å². The first kappa shape index (κ1) is 26.6. The van der Waals surface area contributed by atoms with Crippen LogP contribution in [0.2, 0.25) is 0 Å². The molecule has 1 fully saturated rings. The SMILES string of the molecule is CN=C(NCc1ccc(S(=O)(=O)N2CCOCC2)s1)NC(C)CCC(C)(C)C.I. The third-order valence-corrected chi connectivity index (χ3v) is 8.02. The van der Waals surface area contributed by atoms with Gasteiger partial charge >= 0.3 is 0 Å². The van der Waals surface area contributed by atoms with Gasteiger partial charge in [-0.25, -0.2) is 8.42 Å². The van der Waals surface area contributed by atoms with Crippen LogP contribution in [0.15, 0.2) is 21.3 Å². The highest BCUT2D eigenvalue weighted by molar-refractivity contribution is 14.0. The second kappa shape index (κ2) is 11.8. The molecule has 1 aromatic heterocycles. The van der Waals surface area contributed by atoms with Crippen molar-refractivity contribution < 1.29 is 13.2 Å². The van der Waals surface area contributed by atoms with Gasteiger partial charge in [-0.2, -0.15) is 4.31 Å². The van der Waals surface area contributed by atoms with Crippen molar-refractivity contribution in [1.82, 2.24) is 14.9 Å². The van der Waals surface area contributed by atoms with E-state index < -0.39 is 10.0 Å². The van der Waals surface area contributed by atoms with E-state index in [-0.39, 0.29) is 24.0 Å². The molecular weight excluding hydrogens is 523 g/mol. The predicted octanol–water partition coefficient (Wildman–Crippen LogP) is 3.27. The third kappa shape index (κ3) is 8.68. The minimum absolute atomic E-state index is 0. The molecule has 0 aromatic carbocycles.